The van der Waals surface area contributed by atoms with Crippen molar-refractivity contribution in [3.63, 3.8) is 0 Å². The Morgan fingerprint density at radius 3 is 2.42 bits per heavy atom. The molecule has 3 N–H and O–H groups in total. The number of hydrogen-bond donors (Lipinski definition) is 3. The fourth-order valence-corrected chi connectivity index (χ4v) is 5.16. The van der Waals surface area contributed by atoms with Gasteiger partial charge in [-0.1, -0.05) is 0 Å². The van der Waals surface area contributed by atoms with E-state index in [2.05, 4.69) is 5.32 Å². The van der Waals surface area contributed by atoms with Gasteiger partial charge in [-0.25, -0.2) is 4.79 Å². The maximum absolute atomic E-state index is 13.9. The van der Waals surface area contributed by atoms with E-state index in [9.17, 15) is 29.4 Å². The molecule has 1 aliphatic carbocycles. The third-order valence-electron chi connectivity index (χ3n) is 7.20. The number of carbonyl (C=O) groups is 4. The van der Waals surface area contributed by atoms with Gasteiger partial charge in [-0.15, -0.1) is 0 Å². The minimum absolute atomic E-state index is 0.00500. The van der Waals surface area contributed by atoms with E-state index in [0.29, 0.717) is 38.2 Å². The molecule has 192 valence electrons. The zero-order valence-corrected chi connectivity index (χ0v) is 21.0. The molecule has 1 aromatic carbocycles. The Hall–Kier alpha value is -3.82. The van der Waals surface area contributed by atoms with Crippen molar-refractivity contribution in [1.82, 2.24) is 10.2 Å². The number of amides is 1. The predicted molar refractivity (Wildman–Crippen MR) is 128 cm³/mol. The smallest absolute Gasteiger partial charge is 0.409 e. The molecule has 1 fully saturated rings. The molecule has 1 saturated heterocycles. The number of allylic oxidation sites excluding steroid dienone is 4. The zero-order valence-electron chi connectivity index (χ0n) is 21.0. The van der Waals surface area contributed by atoms with Gasteiger partial charge in [0.1, 0.15) is 34.0 Å². The summed E-state index contributed by atoms with van der Waals surface area (Å²) in [5.74, 6) is -2.55. The summed E-state index contributed by atoms with van der Waals surface area (Å²) >= 11 is 0. The molecule has 0 saturated carbocycles. The van der Waals surface area contributed by atoms with E-state index < -0.39 is 28.5 Å². The van der Waals surface area contributed by atoms with Gasteiger partial charge < -0.3 is 29.9 Å². The van der Waals surface area contributed by atoms with Gasteiger partial charge in [-0.05, 0) is 47.5 Å². The monoisotopic (exact) mass is 498 g/mol. The highest BCUT2D eigenvalue weighted by molar-refractivity contribution is 6.31. The van der Waals surface area contributed by atoms with Crippen LogP contribution in [0.4, 0.5) is 4.79 Å². The van der Waals surface area contributed by atoms with Gasteiger partial charge in [0.05, 0.1) is 17.7 Å². The number of aromatic hydroxyl groups is 2. The van der Waals surface area contributed by atoms with Crippen molar-refractivity contribution in [3.8, 4) is 17.2 Å². The van der Waals surface area contributed by atoms with Crippen LogP contribution in [0.25, 0.3) is 0 Å². The van der Waals surface area contributed by atoms with Crippen LogP contribution in [0.2, 0.25) is 0 Å². The van der Waals surface area contributed by atoms with Crippen LogP contribution in [0.1, 0.15) is 62.0 Å². The van der Waals surface area contributed by atoms with Crippen LogP contribution in [-0.4, -0.2) is 64.3 Å². The number of carbonyl (C=O) groups excluding carboxylic acids is 4. The largest absolute Gasteiger partial charge is 0.507 e. The molecule has 0 aromatic heterocycles. The fraction of sp³-hybridized carbons (Fsp3) is 0.462. The number of phenolic OH excluding ortho intramolecular Hbond substituents is 2. The first kappa shape index (κ1) is 25.3. The van der Waals surface area contributed by atoms with E-state index in [1.165, 1.54) is 26.8 Å². The van der Waals surface area contributed by atoms with E-state index in [1.807, 2.05) is 0 Å². The number of nitrogens with one attached hydrogen (secondary N) is 1. The molecule has 10 heteroatoms. The summed E-state index contributed by atoms with van der Waals surface area (Å²) < 4.78 is 10.8. The van der Waals surface area contributed by atoms with Gasteiger partial charge in [0.25, 0.3) is 0 Å². The lowest BCUT2D eigenvalue weighted by atomic mass is 9.70. The van der Waals surface area contributed by atoms with Crippen molar-refractivity contribution in [2.75, 3.05) is 19.7 Å². The molecule has 4 rings (SSSR count). The molecule has 2 aliphatic heterocycles. The van der Waals surface area contributed by atoms with Gasteiger partial charge in [-0.2, -0.15) is 0 Å². The highest BCUT2D eigenvalue weighted by Gasteiger charge is 2.56. The van der Waals surface area contributed by atoms with Crippen molar-refractivity contribution in [2.45, 2.75) is 58.9 Å². The van der Waals surface area contributed by atoms with Crippen molar-refractivity contribution >= 4 is 23.4 Å². The molecule has 3 aliphatic rings. The summed E-state index contributed by atoms with van der Waals surface area (Å²) in [6, 6.07) is -0.0639. The Morgan fingerprint density at radius 2 is 1.83 bits per heavy atom. The second kappa shape index (κ2) is 9.00. The number of likely N-dealkylation sites (tertiary alicyclic amines) is 1. The van der Waals surface area contributed by atoms with Crippen molar-refractivity contribution in [2.24, 2.45) is 0 Å². The Balaban J connectivity index is 1.68. The Kier molecular flexibility index (Phi) is 6.32. The van der Waals surface area contributed by atoms with Crippen LogP contribution in [0, 0.1) is 6.92 Å². The number of Topliss-reactive ketones (excluding diaryl/α,β-unsaturated/α-hetero) is 2. The topological polar surface area (TPSA) is 142 Å². The molecule has 1 amide bonds. The number of nitrogens with zero attached hydrogens (tertiary/aromatic N) is 1. The predicted octanol–water partition coefficient (Wildman–Crippen LogP) is 2.78. The van der Waals surface area contributed by atoms with Crippen LogP contribution < -0.4 is 10.1 Å². The van der Waals surface area contributed by atoms with Crippen LogP contribution in [-0.2, 0) is 19.7 Å². The average Bonchev–Trinajstić information content (AvgIpc) is 3.11. The van der Waals surface area contributed by atoms with E-state index in [4.69, 9.17) is 9.47 Å². The van der Waals surface area contributed by atoms with Crippen LogP contribution in [0.3, 0.4) is 0 Å². The molecule has 2 heterocycles. The minimum Gasteiger partial charge on any atom is -0.507 e. The van der Waals surface area contributed by atoms with Gasteiger partial charge >= 0.3 is 6.09 Å². The lowest BCUT2D eigenvalue weighted by molar-refractivity contribution is -0.123. The van der Waals surface area contributed by atoms with E-state index >= 15 is 0 Å². The minimum atomic E-state index is -1.55. The highest BCUT2D eigenvalue weighted by Crippen LogP contribution is 2.57. The number of piperidine rings is 1. The number of fused-ring (bicyclic) bond motifs is 3. The Labute approximate surface area is 208 Å². The molecule has 0 unspecified atom stereocenters. The SMILES string of the molecule is CCOC(=O)N1CCC(NC(C)=C2C(=O)C=C3Oc4c(C(C)=O)c(O)c(C)c(O)c4[C@@]3(C)C2=O)CC1. The molecule has 1 aromatic rings. The second-order valence-electron chi connectivity index (χ2n) is 9.49. The Morgan fingerprint density at radius 1 is 1.19 bits per heavy atom. The number of phenols is 2. The third kappa shape index (κ3) is 3.71. The standard InChI is InChI=1S/C26H30N2O8/c1-6-35-25(34)28-9-7-15(8-10-28)27-13(3)18-16(30)11-17-26(5,24(18)33)20-22(32)12(2)21(31)19(14(4)29)23(20)36-17/h11,15,27,31-32H,6-10H2,1-5H3/t26-/m0/s1. The van der Waals surface area contributed by atoms with E-state index in [1.54, 1.807) is 18.7 Å². The molecule has 36 heavy (non-hydrogen) atoms. The third-order valence-corrected chi connectivity index (χ3v) is 7.20. The van der Waals surface area contributed by atoms with Crippen molar-refractivity contribution in [3.05, 3.63) is 39.8 Å². The molecule has 10 nitrogen and oxygen atoms in total. The van der Waals surface area contributed by atoms with Gasteiger partial charge in [0.15, 0.2) is 17.3 Å². The first-order valence-corrected chi connectivity index (χ1v) is 11.9. The number of ketones is 3. The van der Waals surface area contributed by atoms with Crippen LogP contribution in [0.15, 0.2) is 23.1 Å². The summed E-state index contributed by atoms with van der Waals surface area (Å²) in [7, 11) is 0. The average molecular weight is 499 g/mol. The lowest BCUT2D eigenvalue weighted by Gasteiger charge is -2.33. The highest BCUT2D eigenvalue weighted by atomic mass is 16.6. The normalized spacial score (nSPS) is 22.9. The quantitative estimate of drug-likeness (QED) is 0.324. The van der Waals surface area contributed by atoms with Gasteiger partial charge in [0, 0.05) is 36.5 Å². The summed E-state index contributed by atoms with van der Waals surface area (Å²) in [4.78, 5) is 52.8. The fourth-order valence-electron chi connectivity index (χ4n) is 5.16. The lowest BCUT2D eigenvalue weighted by Crippen LogP contribution is -2.46. The number of rotatable bonds is 4. The summed E-state index contributed by atoms with van der Waals surface area (Å²) in [5, 5.41) is 24.6. The molecule has 0 bridgehead atoms. The zero-order chi connectivity index (χ0) is 26.5. The number of hydrogen-bond acceptors (Lipinski definition) is 9. The summed E-state index contributed by atoms with van der Waals surface area (Å²) in [5.41, 5.74) is -1.29. The van der Waals surface area contributed by atoms with Gasteiger partial charge in [-0.3, -0.25) is 14.4 Å². The summed E-state index contributed by atoms with van der Waals surface area (Å²) in [6.45, 7) is 8.87. The van der Waals surface area contributed by atoms with E-state index in [-0.39, 0.29) is 51.7 Å². The first-order chi connectivity index (χ1) is 16.9. The molecule has 0 radical (unpaired) electrons. The first-order valence-electron chi connectivity index (χ1n) is 11.9. The molecule has 0 spiro atoms. The maximum Gasteiger partial charge on any atom is 0.409 e. The van der Waals surface area contributed by atoms with Crippen molar-refractivity contribution < 1.29 is 38.9 Å². The molecular formula is C26H30N2O8. The maximum atomic E-state index is 13.9. The van der Waals surface area contributed by atoms with Gasteiger partial charge in [0.2, 0.25) is 0 Å². The van der Waals surface area contributed by atoms with Crippen LogP contribution in [0.5, 0.6) is 17.2 Å². The number of benzene rings is 1. The van der Waals surface area contributed by atoms with E-state index in [0.717, 1.165) is 0 Å². The summed E-state index contributed by atoms with van der Waals surface area (Å²) in [6.07, 6.45) is 2.05. The van der Waals surface area contributed by atoms with Crippen LogP contribution >= 0.6 is 0 Å². The van der Waals surface area contributed by atoms with Crippen molar-refractivity contribution in [1.29, 1.82) is 0 Å². The Bertz CT molecular complexity index is 1250. The molecule has 1 atom stereocenters. The molecular weight excluding hydrogens is 468 g/mol. The second-order valence-corrected chi connectivity index (χ2v) is 9.49. The number of ether oxygens (including phenoxy) is 2.